The summed E-state index contributed by atoms with van der Waals surface area (Å²) in [5, 5.41) is 3.37. The average molecular weight is 236 g/mol. The van der Waals surface area contributed by atoms with Gasteiger partial charge in [-0.1, -0.05) is 0 Å². The van der Waals surface area contributed by atoms with Crippen LogP contribution >= 0.6 is 0 Å². The zero-order chi connectivity index (χ0) is 12.9. The maximum atomic E-state index is 11.3. The van der Waals surface area contributed by atoms with E-state index in [-0.39, 0.29) is 11.5 Å². The van der Waals surface area contributed by atoms with E-state index in [1.54, 1.807) is 12.1 Å². The van der Waals surface area contributed by atoms with Crippen LogP contribution in [-0.2, 0) is 4.74 Å². The molecule has 0 spiro atoms. The van der Waals surface area contributed by atoms with Gasteiger partial charge in [0.15, 0.2) is 0 Å². The van der Waals surface area contributed by atoms with Crippen molar-refractivity contribution in [3.63, 3.8) is 0 Å². The number of carbonyl (C=O) groups excluding carboxylic acids is 1. The fourth-order valence-corrected chi connectivity index (χ4v) is 1.62. The van der Waals surface area contributed by atoms with Gasteiger partial charge in [0, 0.05) is 11.2 Å². The average Bonchev–Trinajstić information content (AvgIpc) is 2.28. The number of esters is 1. The van der Waals surface area contributed by atoms with Gasteiger partial charge in [0.1, 0.15) is 0 Å². The molecule has 0 saturated heterocycles. The lowest BCUT2D eigenvalue weighted by molar-refractivity contribution is 0.0601. The van der Waals surface area contributed by atoms with Crippen molar-refractivity contribution in [1.82, 2.24) is 0 Å². The standard InChI is InChI=1S/C13H20N2O2/c1-13(2,8-9-14)15-11-6-4-10(5-7-11)12(16)17-3/h4-7,15H,8-9,14H2,1-3H3. The van der Waals surface area contributed by atoms with E-state index in [2.05, 4.69) is 23.9 Å². The van der Waals surface area contributed by atoms with Gasteiger partial charge >= 0.3 is 5.97 Å². The number of carbonyl (C=O) groups is 1. The van der Waals surface area contributed by atoms with Crippen LogP contribution in [0.2, 0.25) is 0 Å². The summed E-state index contributed by atoms with van der Waals surface area (Å²) in [4.78, 5) is 11.3. The Labute approximate surface area is 102 Å². The molecular weight excluding hydrogens is 216 g/mol. The van der Waals surface area contributed by atoms with Crippen molar-refractivity contribution in [2.24, 2.45) is 5.73 Å². The summed E-state index contributed by atoms with van der Waals surface area (Å²) in [5.41, 5.74) is 7.01. The van der Waals surface area contributed by atoms with Crippen molar-refractivity contribution in [1.29, 1.82) is 0 Å². The largest absolute Gasteiger partial charge is 0.465 e. The van der Waals surface area contributed by atoms with E-state index in [0.29, 0.717) is 12.1 Å². The highest BCUT2D eigenvalue weighted by atomic mass is 16.5. The number of hydrogen-bond donors (Lipinski definition) is 2. The summed E-state index contributed by atoms with van der Waals surface area (Å²) in [5.74, 6) is -0.322. The zero-order valence-electron chi connectivity index (χ0n) is 10.6. The van der Waals surface area contributed by atoms with Crippen LogP contribution in [0.4, 0.5) is 5.69 Å². The lowest BCUT2D eigenvalue weighted by atomic mass is 10.00. The number of nitrogens with one attached hydrogen (secondary N) is 1. The van der Waals surface area contributed by atoms with Crippen LogP contribution in [0.1, 0.15) is 30.6 Å². The number of ether oxygens (including phenoxy) is 1. The van der Waals surface area contributed by atoms with Crippen molar-refractivity contribution >= 4 is 11.7 Å². The normalized spacial score (nSPS) is 11.1. The number of rotatable bonds is 5. The topological polar surface area (TPSA) is 64.3 Å². The molecular formula is C13H20N2O2. The minimum Gasteiger partial charge on any atom is -0.465 e. The highest BCUT2D eigenvalue weighted by Crippen LogP contribution is 2.18. The molecule has 3 N–H and O–H groups in total. The highest BCUT2D eigenvalue weighted by molar-refractivity contribution is 5.89. The Morgan fingerprint density at radius 1 is 1.35 bits per heavy atom. The quantitative estimate of drug-likeness (QED) is 0.768. The summed E-state index contributed by atoms with van der Waals surface area (Å²) < 4.78 is 4.64. The molecule has 0 amide bonds. The Morgan fingerprint density at radius 2 is 1.94 bits per heavy atom. The second-order valence-corrected chi connectivity index (χ2v) is 4.62. The molecule has 0 radical (unpaired) electrons. The monoisotopic (exact) mass is 236 g/mol. The van der Waals surface area contributed by atoms with Crippen LogP contribution in [0.5, 0.6) is 0 Å². The third-order valence-electron chi connectivity index (χ3n) is 2.56. The first kappa shape index (κ1) is 13.5. The first-order chi connectivity index (χ1) is 7.98. The smallest absolute Gasteiger partial charge is 0.337 e. The van der Waals surface area contributed by atoms with E-state index >= 15 is 0 Å². The fraction of sp³-hybridized carbons (Fsp3) is 0.462. The van der Waals surface area contributed by atoms with Crippen LogP contribution in [0.3, 0.4) is 0 Å². The summed E-state index contributed by atoms with van der Waals surface area (Å²) in [6, 6.07) is 7.22. The Morgan fingerprint density at radius 3 is 2.41 bits per heavy atom. The van der Waals surface area contributed by atoms with E-state index in [1.165, 1.54) is 7.11 Å². The van der Waals surface area contributed by atoms with Crippen molar-refractivity contribution in [3.05, 3.63) is 29.8 Å². The maximum Gasteiger partial charge on any atom is 0.337 e. The van der Waals surface area contributed by atoms with Gasteiger partial charge in [0.25, 0.3) is 0 Å². The predicted octanol–water partition coefficient (Wildman–Crippen LogP) is 2.01. The van der Waals surface area contributed by atoms with Gasteiger partial charge < -0.3 is 15.8 Å². The molecule has 0 saturated carbocycles. The molecule has 0 aliphatic carbocycles. The summed E-state index contributed by atoms with van der Waals surface area (Å²) in [7, 11) is 1.37. The van der Waals surface area contributed by atoms with Gasteiger partial charge in [0.05, 0.1) is 12.7 Å². The highest BCUT2D eigenvalue weighted by Gasteiger charge is 2.16. The van der Waals surface area contributed by atoms with Crippen molar-refractivity contribution in [2.45, 2.75) is 25.8 Å². The van der Waals surface area contributed by atoms with Gasteiger partial charge in [-0.2, -0.15) is 0 Å². The third kappa shape index (κ3) is 4.07. The predicted molar refractivity (Wildman–Crippen MR) is 69.2 cm³/mol. The van der Waals surface area contributed by atoms with Crippen LogP contribution in [0.25, 0.3) is 0 Å². The van der Waals surface area contributed by atoms with E-state index in [4.69, 9.17) is 5.73 Å². The number of benzene rings is 1. The second-order valence-electron chi connectivity index (χ2n) is 4.62. The van der Waals surface area contributed by atoms with Crippen molar-refractivity contribution < 1.29 is 9.53 Å². The lowest BCUT2D eigenvalue weighted by Gasteiger charge is -2.27. The van der Waals surface area contributed by atoms with Crippen LogP contribution in [0, 0.1) is 0 Å². The third-order valence-corrected chi connectivity index (χ3v) is 2.56. The molecule has 4 heteroatoms. The Kier molecular flexibility index (Phi) is 4.52. The summed E-state index contributed by atoms with van der Waals surface area (Å²) >= 11 is 0. The molecule has 94 valence electrons. The first-order valence-corrected chi connectivity index (χ1v) is 5.65. The van der Waals surface area contributed by atoms with E-state index < -0.39 is 0 Å². The molecule has 0 atom stereocenters. The minimum atomic E-state index is -0.322. The molecule has 17 heavy (non-hydrogen) atoms. The molecule has 1 aromatic rings. The van der Waals surface area contributed by atoms with Gasteiger partial charge in [0.2, 0.25) is 0 Å². The van der Waals surface area contributed by atoms with Gasteiger partial charge in [-0.25, -0.2) is 4.79 Å². The maximum absolute atomic E-state index is 11.3. The SMILES string of the molecule is COC(=O)c1ccc(NC(C)(C)CCN)cc1. The lowest BCUT2D eigenvalue weighted by Crippen LogP contribution is -2.33. The molecule has 0 bridgehead atoms. The van der Waals surface area contributed by atoms with Gasteiger partial charge in [-0.15, -0.1) is 0 Å². The van der Waals surface area contributed by atoms with Crippen LogP contribution < -0.4 is 11.1 Å². The Hall–Kier alpha value is -1.55. The van der Waals surface area contributed by atoms with E-state index in [1.807, 2.05) is 12.1 Å². The number of methoxy groups -OCH3 is 1. The molecule has 0 unspecified atom stereocenters. The molecule has 0 aliphatic heterocycles. The number of nitrogens with two attached hydrogens (primary N) is 1. The second kappa shape index (κ2) is 5.68. The van der Waals surface area contributed by atoms with Gasteiger partial charge in [-0.05, 0) is 51.1 Å². The molecule has 4 nitrogen and oxygen atoms in total. The van der Waals surface area contributed by atoms with E-state index in [9.17, 15) is 4.79 Å². The summed E-state index contributed by atoms with van der Waals surface area (Å²) in [6.45, 7) is 4.82. The molecule has 1 aromatic carbocycles. The molecule has 0 aliphatic rings. The Balaban J connectivity index is 2.71. The van der Waals surface area contributed by atoms with E-state index in [0.717, 1.165) is 12.1 Å². The van der Waals surface area contributed by atoms with Crippen LogP contribution in [0.15, 0.2) is 24.3 Å². The molecule has 0 aromatic heterocycles. The summed E-state index contributed by atoms with van der Waals surface area (Å²) in [6.07, 6.45) is 0.881. The zero-order valence-corrected chi connectivity index (χ0v) is 10.6. The Bertz CT molecular complexity index is 372. The number of anilines is 1. The van der Waals surface area contributed by atoms with Crippen molar-refractivity contribution in [3.8, 4) is 0 Å². The minimum absolute atomic E-state index is 0.0540. The molecule has 0 heterocycles. The van der Waals surface area contributed by atoms with Crippen molar-refractivity contribution in [2.75, 3.05) is 19.0 Å². The fourth-order valence-electron chi connectivity index (χ4n) is 1.62. The molecule has 1 rings (SSSR count). The number of hydrogen-bond acceptors (Lipinski definition) is 4. The van der Waals surface area contributed by atoms with Crippen LogP contribution in [-0.4, -0.2) is 25.2 Å². The van der Waals surface area contributed by atoms with Gasteiger partial charge in [-0.3, -0.25) is 0 Å². The first-order valence-electron chi connectivity index (χ1n) is 5.65. The molecule has 0 fully saturated rings.